The molecule has 0 amide bonds. The molecular weight excluding hydrogens is 691 g/mol. The van der Waals surface area contributed by atoms with Crippen LogP contribution in [0.5, 0.6) is 0 Å². The number of unbranched alkanes of at least 4 members (excludes halogenated alkanes) is 14. The standard InChI is InChI=1S/C21H28F2S.C17H25F2I/c1-2-3-4-5-6-7-8-9-16-21(22,23)19-14-12-18(13-15-19)20-11-10-17-24-20;1-2-3-4-5-6-7-8-9-14-17(18,19)15-10-12-16(20)13-11-15/h10-15,17H,2-9,16H2,1H3;10-13H,2-9,14H2,1H3. The van der Waals surface area contributed by atoms with Gasteiger partial charge < -0.3 is 0 Å². The zero-order valence-corrected chi connectivity index (χ0v) is 29.9. The minimum atomic E-state index is -2.71. The van der Waals surface area contributed by atoms with Gasteiger partial charge in [-0.2, -0.15) is 0 Å². The van der Waals surface area contributed by atoms with Crippen LogP contribution in [-0.2, 0) is 11.8 Å². The summed E-state index contributed by atoms with van der Waals surface area (Å²) in [5, 5.41) is 2.00. The molecule has 0 bridgehead atoms. The molecule has 44 heavy (non-hydrogen) atoms. The first-order valence-corrected chi connectivity index (χ1v) is 18.8. The Hall–Kier alpha value is -1.41. The highest BCUT2D eigenvalue weighted by molar-refractivity contribution is 14.1. The first-order chi connectivity index (χ1) is 21.2. The molecule has 0 aliphatic carbocycles. The summed E-state index contributed by atoms with van der Waals surface area (Å²) in [4.78, 5) is 1.12. The number of hydrogen-bond acceptors (Lipinski definition) is 1. The second-order valence-corrected chi connectivity index (χ2v) is 14.1. The first kappa shape index (κ1) is 38.8. The molecule has 0 saturated heterocycles. The van der Waals surface area contributed by atoms with Crippen LogP contribution >= 0.6 is 33.9 Å². The number of hydrogen-bond donors (Lipinski definition) is 0. The van der Waals surface area contributed by atoms with Crippen molar-refractivity contribution in [2.24, 2.45) is 0 Å². The topological polar surface area (TPSA) is 0 Å². The summed E-state index contributed by atoms with van der Waals surface area (Å²) in [6.07, 6.45) is 17.7. The van der Waals surface area contributed by atoms with Gasteiger partial charge in [0.15, 0.2) is 0 Å². The Bertz CT molecular complexity index is 1090. The van der Waals surface area contributed by atoms with Gasteiger partial charge in [-0.05, 0) is 64.6 Å². The van der Waals surface area contributed by atoms with Crippen molar-refractivity contribution >= 4 is 33.9 Å². The first-order valence-electron chi connectivity index (χ1n) is 16.9. The Balaban J connectivity index is 0.000000312. The molecule has 3 rings (SSSR count). The lowest BCUT2D eigenvalue weighted by molar-refractivity contribution is -0.0163. The van der Waals surface area contributed by atoms with Crippen LogP contribution in [0.25, 0.3) is 10.4 Å². The highest BCUT2D eigenvalue weighted by atomic mass is 127. The number of thiophene rings is 1. The Morgan fingerprint density at radius 1 is 0.523 bits per heavy atom. The summed E-state index contributed by atoms with van der Waals surface area (Å²) in [6, 6.07) is 17.4. The van der Waals surface area contributed by atoms with Crippen molar-refractivity contribution in [1.82, 2.24) is 0 Å². The van der Waals surface area contributed by atoms with Gasteiger partial charge in [-0.25, -0.2) is 17.6 Å². The third kappa shape index (κ3) is 15.7. The van der Waals surface area contributed by atoms with Gasteiger partial charge in [-0.3, -0.25) is 0 Å². The monoisotopic (exact) mass is 744 g/mol. The molecule has 0 saturated carbocycles. The highest BCUT2D eigenvalue weighted by Gasteiger charge is 2.31. The molecule has 3 aromatic rings. The van der Waals surface area contributed by atoms with E-state index in [2.05, 4.69) is 36.4 Å². The number of halogens is 5. The van der Waals surface area contributed by atoms with Gasteiger partial charge in [0.1, 0.15) is 0 Å². The summed E-state index contributed by atoms with van der Waals surface area (Å²) in [6.45, 7) is 4.40. The van der Waals surface area contributed by atoms with Crippen molar-refractivity contribution < 1.29 is 17.6 Å². The van der Waals surface area contributed by atoms with Gasteiger partial charge in [0.05, 0.1) is 0 Å². The van der Waals surface area contributed by atoms with E-state index >= 15 is 0 Å². The van der Waals surface area contributed by atoms with Gasteiger partial charge in [0.2, 0.25) is 0 Å². The molecule has 246 valence electrons. The molecule has 1 heterocycles. The van der Waals surface area contributed by atoms with Gasteiger partial charge >= 0.3 is 0 Å². The molecule has 0 N–H and O–H groups in total. The van der Waals surface area contributed by atoms with Crippen LogP contribution in [0.3, 0.4) is 0 Å². The second-order valence-electron chi connectivity index (χ2n) is 11.9. The zero-order valence-electron chi connectivity index (χ0n) is 26.9. The minimum absolute atomic E-state index is 0.0252. The summed E-state index contributed by atoms with van der Waals surface area (Å²) < 4.78 is 57.5. The Morgan fingerprint density at radius 2 is 0.909 bits per heavy atom. The van der Waals surface area contributed by atoms with Crippen LogP contribution in [0, 0.1) is 3.57 Å². The van der Waals surface area contributed by atoms with Gasteiger partial charge in [-0.15, -0.1) is 11.3 Å². The predicted octanol–water partition coefficient (Wildman–Crippen LogP) is 15.0. The summed E-state index contributed by atoms with van der Waals surface area (Å²) in [5.74, 6) is -5.39. The van der Waals surface area contributed by atoms with Crippen molar-refractivity contribution in [2.75, 3.05) is 0 Å². The molecule has 6 heteroatoms. The summed E-state index contributed by atoms with van der Waals surface area (Å²) >= 11 is 3.76. The molecular formula is C38H53F4IS. The van der Waals surface area contributed by atoms with E-state index in [0.717, 1.165) is 39.7 Å². The largest absolute Gasteiger partial charge is 0.273 e. The highest BCUT2D eigenvalue weighted by Crippen LogP contribution is 2.36. The van der Waals surface area contributed by atoms with Crippen molar-refractivity contribution in [3.05, 3.63) is 80.7 Å². The van der Waals surface area contributed by atoms with E-state index in [1.807, 2.05) is 29.6 Å². The Labute approximate surface area is 282 Å². The molecule has 0 aliphatic heterocycles. The van der Waals surface area contributed by atoms with Crippen LogP contribution in [0.15, 0.2) is 66.0 Å². The van der Waals surface area contributed by atoms with Gasteiger partial charge in [-0.1, -0.05) is 146 Å². The van der Waals surface area contributed by atoms with E-state index in [4.69, 9.17) is 0 Å². The zero-order chi connectivity index (χ0) is 32.1. The molecule has 0 aliphatic rings. The van der Waals surface area contributed by atoms with Crippen LogP contribution in [-0.4, -0.2) is 0 Å². The number of benzene rings is 2. The average molecular weight is 745 g/mol. The SMILES string of the molecule is CCCCCCCCCCC(F)(F)c1ccc(-c2cccs2)cc1.CCCCCCCCCCC(F)(F)c1ccc(I)cc1. The predicted molar refractivity (Wildman–Crippen MR) is 191 cm³/mol. The third-order valence-corrected chi connectivity index (χ3v) is 9.71. The van der Waals surface area contributed by atoms with Gasteiger partial charge in [0.25, 0.3) is 11.8 Å². The molecule has 2 aromatic carbocycles. The van der Waals surface area contributed by atoms with E-state index in [-0.39, 0.29) is 24.0 Å². The molecule has 0 nitrogen and oxygen atoms in total. The van der Waals surface area contributed by atoms with Gasteiger partial charge in [0, 0.05) is 32.4 Å². The minimum Gasteiger partial charge on any atom is -0.201 e. The summed E-state index contributed by atoms with van der Waals surface area (Å²) in [7, 11) is 0. The fourth-order valence-corrected chi connectivity index (χ4v) is 6.36. The maximum Gasteiger partial charge on any atom is 0.273 e. The Morgan fingerprint density at radius 3 is 1.30 bits per heavy atom. The van der Waals surface area contributed by atoms with Crippen molar-refractivity contribution in [3.63, 3.8) is 0 Å². The van der Waals surface area contributed by atoms with Crippen LogP contribution in [0.4, 0.5) is 17.6 Å². The quantitative estimate of drug-likeness (QED) is 0.0579. The lowest BCUT2D eigenvalue weighted by atomic mass is 9.99. The smallest absolute Gasteiger partial charge is 0.201 e. The van der Waals surface area contributed by atoms with Crippen molar-refractivity contribution in [2.45, 2.75) is 141 Å². The summed E-state index contributed by atoms with van der Waals surface area (Å²) in [5.41, 5.74) is 1.31. The molecule has 0 unspecified atom stereocenters. The number of alkyl halides is 4. The maximum absolute atomic E-state index is 14.3. The van der Waals surface area contributed by atoms with E-state index in [1.54, 1.807) is 47.7 Å². The van der Waals surface area contributed by atoms with Crippen molar-refractivity contribution in [1.29, 1.82) is 0 Å². The fourth-order valence-electron chi connectivity index (χ4n) is 5.27. The molecule has 0 radical (unpaired) electrons. The third-order valence-electron chi connectivity index (χ3n) is 8.07. The van der Waals surface area contributed by atoms with Crippen LogP contribution in [0.2, 0.25) is 0 Å². The molecule has 0 spiro atoms. The number of rotatable bonds is 21. The normalized spacial score (nSPS) is 11.8. The van der Waals surface area contributed by atoms with Crippen LogP contribution < -0.4 is 0 Å². The fraction of sp³-hybridized carbons (Fsp3) is 0.579. The van der Waals surface area contributed by atoms with E-state index in [1.165, 1.54) is 64.2 Å². The van der Waals surface area contributed by atoms with E-state index < -0.39 is 11.8 Å². The molecule has 0 fully saturated rings. The lowest BCUT2D eigenvalue weighted by Crippen LogP contribution is -2.13. The van der Waals surface area contributed by atoms with Crippen LogP contribution in [0.1, 0.15) is 141 Å². The van der Waals surface area contributed by atoms with E-state index in [9.17, 15) is 17.6 Å². The molecule has 0 atom stereocenters. The molecule has 1 aromatic heterocycles. The van der Waals surface area contributed by atoms with E-state index in [0.29, 0.717) is 12.8 Å². The maximum atomic E-state index is 14.3. The Kier molecular flexibility index (Phi) is 19.5. The van der Waals surface area contributed by atoms with Crippen molar-refractivity contribution in [3.8, 4) is 10.4 Å². The average Bonchev–Trinajstić information content (AvgIpc) is 3.56. The second kappa shape index (κ2) is 22.2. The lowest BCUT2D eigenvalue weighted by Gasteiger charge is -2.17.